The lowest BCUT2D eigenvalue weighted by Gasteiger charge is -2.18. The fraction of sp³-hybridized carbons (Fsp3) is 0.133. The maximum Gasteiger partial charge on any atom is 0.255 e. The molecule has 0 aliphatic rings. The molecule has 2 aromatic carbocycles. The van der Waals surface area contributed by atoms with Gasteiger partial charge >= 0.3 is 0 Å². The highest BCUT2D eigenvalue weighted by Crippen LogP contribution is 2.20. The summed E-state index contributed by atoms with van der Waals surface area (Å²) in [6, 6.07) is 8.52. The van der Waals surface area contributed by atoms with E-state index in [2.05, 4.69) is 15.9 Å². The molecule has 0 bridgehead atoms. The number of nitrogens with zero attached hydrogens (tertiary/aromatic N) is 1. The van der Waals surface area contributed by atoms with Crippen LogP contribution in [-0.2, 0) is 6.54 Å². The van der Waals surface area contributed by atoms with Crippen molar-refractivity contribution in [2.75, 3.05) is 12.8 Å². The van der Waals surface area contributed by atoms with Crippen LogP contribution in [0.15, 0.2) is 40.9 Å². The van der Waals surface area contributed by atoms with Crippen molar-refractivity contribution in [1.29, 1.82) is 0 Å². The van der Waals surface area contributed by atoms with Gasteiger partial charge in [-0.25, -0.2) is 8.78 Å². The smallest absolute Gasteiger partial charge is 0.255 e. The zero-order valence-corrected chi connectivity index (χ0v) is 12.8. The number of halogens is 3. The summed E-state index contributed by atoms with van der Waals surface area (Å²) < 4.78 is 26.8. The van der Waals surface area contributed by atoms with Crippen molar-refractivity contribution < 1.29 is 13.6 Å². The first-order valence-electron chi connectivity index (χ1n) is 6.13. The lowest BCUT2D eigenvalue weighted by Crippen LogP contribution is -2.27. The lowest BCUT2D eigenvalue weighted by molar-refractivity contribution is 0.0786. The number of hydrogen-bond donors (Lipinski definition) is 1. The topological polar surface area (TPSA) is 46.3 Å². The number of hydrogen-bond acceptors (Lipinski definition) is 2. The molecular weight excluding hydrogens is 342 g/mol. The van der Waals surface area contributed by atoms with Gasteiger partial charge in [-0.3, -0.25) is 4.79 Å². The second-order valence-electron chi connectivity index (χ2n) is 4.64. The minimum atomic E-state index is -0.934. The van der Waals surface area contributed by atoms with Crippen LogP contribution in [0.4, 0.5) is 14.5 Å². The SMILES string of the molecule is CN(Cc1ccc(F)c(F)c1)C(=O)c1ccc(Br)cc1N. The zero-order valence-electron chi connectivity index (χ0n) is 11.2. The Balaban J connectivity index is 2.17. The summed E-state index contributed by atoms with van der Waals surface area (Å²) in [4.78, 5) is 13.7. The summed E-state index contributed by atoms with van der Waals surface area (Å²) in [5.74, 6) is -2.13. The Morgan fingerprint density at radius 2 is 1.90 bits per heavy atom. The maximum atomic E-state index is 13.2. The molecule has 2 rings (SSSR count). The molecule has 0 saturated heterocycles. The van der Waals surface area contributed by atoms with Gasteiger partial charge in [0.25, 0.3) is 5.91 Å². The first-order valence-corrected chi connectivity index (χ1v) is 6.92. The van der Waals surface area contributed by atoms with Crippen LogP contribution in [0, 0.1) is 11.6 Å². The minimum Gasteiger partial charge on any atom is -0.398 e. The maximum absolute atomic E-state index is 13.2. The molecule has 21 heavy (non-hydrogen) atoms. The molecule has 0 aliphatic carbocycles. The van der Waals surface area contributed by atoms with Crippen LogP contribution < -0.4 is 5.73 Å². The number of nitrogens with two attached hydrogens (primary N) is 1. The molecule has 3 nitrogen and oxygen atoms in total. The number of carbonyl (C=O) groups is 1. The Labute approximate surface area is 129 Å². The van der Waals surface area contributed by atoms with E-state index in [1.165, 1.54) is 11.0 Å². The van der Waals surface area contributed by atoms with Crippen molar-refractivity contribution in [1.82, 2.24) is 4.90 Å². The third-order valence-corrected chi connectivity index (χ3v) is 3.49. The Kier molecular flexibility index (Phi) is 4.57. The van der Waals surface area contributed by atoms with Gasteiger partial charge in [-0.1, -0.05) is 22.0 Å². The summed E-state index contributed by atoms with van der Waals surface area (Å²) >= 11 is 3.27. The zero-order chi connectivity index (χ0) is 15.6. The first kappa shape index (κ1) is 15.4. The summed E-state index contributed by atoms with van der Waals surface area (Å²) in [5, 5.41) is 0. The third-order valence-electron chi connectivity index (χ3n) is 2.99. The molecule has 0 aromatic heterocycles. The molecule has 0 radical (unpaired) electrons. The Morgan fingerprint density at radius 3 is 2.52 bits per heavy atom. The Morgan fingerprint density at radius 1 is 1.19 bits per heavy atom. The second kappa shape index (κ2) is 6.22. The van der Waals surface area contributed by atoms with E-state index in [-0.39, 0.29) is 12.5 Å². The van der Waals surface area contributed by atoms with Crippen LogP contribution in [0.2, 0.25) is 0 Å². The summed E-state index contributed by atoms with van der Waals surface area (Å²) in [5.41, 5.74) is 7.03. The molecule has 6 heteroatoms. The van der Waals surface area contributed by atoms with Crippen LogP contribution in [0.1, 0.15) is 15.9 Å². The van der Waals surface area contributed by atoms with Gasteiger partial charge in [-0.05, 0) is 35.9 Å². The van der Waals surface area contributed by atoms with Crippen LogP contribution in [0.3, 0.4) is 0 Å². The van der Waals surface area contributed by atoms with Gasteiger partial charge in [0.1, 0.15) is 0 Å². The molecule has 1 amide bonds. The molecule has 0 saturated carbocycles. The van der Waals surface area contributed by atoms with E-state index in [4.69, 9.17) is 5.73 Å². The molecule has 2 N–H and O–H groups in total. The highest BCUT2D eigenvalue weighted by Gasteiger charge is 2.15. The minimum absolute atomic E-state index is 0.158. The first-order chi connectivity index (χ1) is 9.88. The van der Waals surface area contributed by atoms with Gasteiger partial charge in [0.2, 0.25) is 0 Å². The van der Waals surface area contributed by atoms with Crippen LogP contribution >= 0.6 is 15.9 Å². The second-order valence-corrected chi connectivity index (χ2v) is 5.56. The Bertz CT molecular complexity index is 691. The van der Waals surface area contributed by atoms with Gasteiger partial charge in [0.15, 0.2) is 11.6 Å². The highest BCUT2D eigenvalue weighted by atomic mass is 79.9. The van der Waals surface area contributed by atoms with Crippen molar-refractivity contribution in [2.24, 2.45) is 0 Å². The molecule has 2 aromatic rings. The fourth-order valence-electron chi connectivity index (χ4n) is 1.92. The molecule has 0 spiro atoms. The van der Waals surface area contributed by atoms with Gasteiger partial charge in [0.05, 0.1) is 5.56 Å². The predicted molar refractivity (Wildman–Crippen MR) is 80.7 cm³/mol. The van der Waals surface area contributed by atoms with E-state index in [0.29, 0.717) is 16.8 Å². The molecule has 0 fully saturated rings. The van der Waals surface area contributed by atoms with Crippen molar-refractivity contribution in [3.63, 3.8) is 0 Å². The number of benzene rings is 2. The molecule has 0 aliphatic heterocycles. The number of nitrogen functional groups attached to an aromatic ring is 1. The number of carbonyl (C=O) groups excluding carboxylic acids is 1. The summed E-state index contributed by atoms with van der Waals surface area (Å²) in [7, 11) is 1.57. The number of amides is 1. The predicted octanol–water partition coefficient (Wildman–Crippen LogP) is 3.58. The monoisotopic (exact) mass is 354 g/mol. The standard InChI is InChI=1S/C15H13BrF2N2O/c1-20(8-9-2-5-12(17)13(18)6-9)15(21)11-4-3-10(16)7-14(11)19/h2-7H,8,19H2,1H3. The van der Waals surface area contributed by atoms with E-state index < -0.39 is 11.6 Å². The van der Waals surface area contributed by atoms with Gasteiger partial charge in [-0.2, -0.15) is 0 Å². The normalized spacial score (nSPS) is 10.5. The number of rotatable bonds is 3. The summed E-state index contributed by atoms with van der Waals surface area (Å²) in [6.07, 6.45) is 0. The van der Waals surface area contributed by atoms with E-state index in [1.807, 2.05) is 0 Å². The summed E-state index contributed by atoms with van der Waals surface area (Å²) in [6.45, 7) is 0.158. The quantitative estimate of drug-likeness (QED) is 0.856. The largest absolute Gasteiger partial charge is 0.398 e. The van der Waals surface area contributed by atoms with E-state index in [9.17, 15) is 13.6 Å². The molecule has 110 valence electrons. The van der Waals surface area contributed by atoms with E-state index >= 15 is 0 Å². The molecule has 0 unspecified atom stereocenters. The average molecular weight is 355 g/mol. The fourth-order valence-corrected chi connectivity index (χ4v) is 2.30. The van der Waals surface area contributed by atoms with Crippen molar-refractivity contribution in [3.8, 4) is 0 Å². The molecule has 0 atom stereocenters. The van der Waals surface area contributed by atoms with Crippen molar-refractivity contribution in [3.05, 3.63) is 63.6 Å². The number of anilines is 1. The van der Waals surface area contributed by atoms with Gasteiger partial charge in [-0.15, -0.1) is 0 Å². The van der Waals surface area contributed by atoms with Crippen LogP contribution in [-0.4, -0.2) is 17.9 Å². The average Bonchev–Trinajstić information content (AvgIpc) is 2.42. The van der Waals surface area contributed by atoms with E-state index in [1.54, 1.807) is 25.2 Å². The third kappa shape index (κ3) is 3.58. The van der Waals surface area contributed by atoms with Gasteiger partial charge in [0, 0.05) is 23.8 Å². The lowest BCUT2D eigenvalue weighted by atomic mass is 10.1. The van der Waals surface area contributed by atoms with Crippen LogP contribution in [0.25, 0.3) is 0 Å². The molecule has 0 heterocycles. The van der Waals surface area contributed by atoms with Crippen molar-refractivity contribution in [2.45, 2.75) is 6.54 Å². The van der Waals surface area contributed by atoms with E-state index in [0.717, 1.165) is 16.6 Å². The van der Waals surface area contributed by atoms with Gasteiger partial charge < -0.3 is 10.6 Å². The molecular formula is C15H13BrF2N2O. The van der Waals surface area contributed by atoms with Crippen LogP contribution in [0.5, 0.6) is 0 Å². The Hall–Kier alpha value is -1.95. The highest BCUT2D eigenvalue weighted by molar-refractivity contribution is 9.10. The van der Waals surface area contributed by atoms with Crippen molar-refractivity contribution >= 4 is 27.5 Å².